The second kappa shape index (κ2) is 8.99. The van der Waals surface area contributed by atoms with Gasteiger partial charge in [-0.1, -0.05) is 36.4 Å². The first-order valence-corrected chi connectivity index (χ1v) is 12.0. The molecule has 0 saturated heterocycles. The Kier molecular flexibility index (Phi) is 5.94. The summed E-state index contributed by atoms with van der Waals surface area (Å²) in [4.78, 5) is 4.21. The third-order valence-electron chi connectivity index (χ3n) is 6.84. The van der Waals surface area contributed by atoms with Crippen LogP contribution in [0.25, 0.3) is 0 Å². The fourth-order valence-electron chi connectivity index (χ4n) is 5.33. The molecule has 5 nitrogen and oxygen atoms in total. The van der Waals surface area contributed by atoms with Gasteiger partial charge in [-0.05, 0) is 67.7 Å². The van der Waals surface area contributed by atoms with Gasteiger partial charge in [0.2, 0.25) is 0 Å². The van der Waals surface area contributed by atoms with Crippen molar-refractivity contribution < 1.29 is 9.13 Å². The smallest absolute Gasteiger partial charge is 0.191 e. The number of pyridine rings is 1. The van der Waals surface area contributed by atoms with E-state index in [-0.39, 0.29) is 18.2 Å². The van der Waals surface area contributed by atoms with Gasteiger partial charge in [-0.15, -0.1) is 10.2 Å². The van der Waals surface area contributed by atoms with E-state index < -0.39 is 0 Å². The minimum atomic E-state index is -0.360. The maximum absolute atomic E-state index is 14.0. The number of hydrogen-bond donors (Lipinski definition) is 0. The molecule has 2 saturated carbocycles. The predicted molar refractivity (Wildman–Crippen MR) is 118 cm³/mol. The van der Waals surface area contributed by atoms with Gasteiger partial charge in [-0.2, -0.15) is 0 Å². The number of benzene rings is 1. The molecule has 0 amide bonds. The molecule has 2 aliphatic rings. The van der Waals surface area contributed by atoms with Crippen LogP contribution in [0.3, 0.4) is 0 Å². The first-order valence-electron chi connectivity index (χ1n) is 11.0. The van der Waals surface area contributed by atoms with Crippen LogP contribution in [-0.4, -0.2) is 19.7 Å². The number of halogens is 1. The van der Waals surface area contributed by atoms with E-state index in [4.69, 9.17) is 4.74 Å². The number of nitrogens with zero attached hydrogens (tertiary/aromatic N) is 4. The topological polar surface area (TPSA) is 52.8 Å². The average molecular weight is 439 g/mol. The van der Waals surface area contributed by atoms with E-state index in [1.165, 1.54) is 31.7 Å². The summed E-state index contributed by atoms with van der Waals surface area (Å²) in [5.41, 5.74) is 1.15. The molecule has 7 heteroatoms. The summed E-state index contributed by atoms with van der Waals surface area (Å²) in [7, 11) is 0. The van der Waals surface area contributed by atoms with Crippen molar-refractivity contribution in [3.63, 3.8) is 0 Å². The molecule has 162 valence electrons. The summed E-state index contributed by atoms with van der Waals surface area (Å²) >= 11 is 1.67. The second-order valence-corrected chi connectivity index (χ2v) is 9.66. The summed E-state index contributed by atoms with van der Waals surface area (Å²) in [5.74, 6) is 3.73. The van der Waals surface area contributed by atoms with Crippen LogP contribution in [0.1, 0.15) is 50.0 Å². The highest BCUT2D eigenvalue weighted by molar-refractivity contribution is 7.98. The molecule has 0 aliphatic heterocycles. The lowest BCUT2D eigenvalue weighted by Crippen LogP contribution is -2.24. The van der Waals surface area contributed by atoms with E-state index in [2.05, 4.69) is 32.7 Å². The number of aromatic nitrogens is 4. The van der Waals surface area contributed by atoms with E-state index in [0.717, 1.165) is 34.1 Å². The SMILES string of the molecule is C[C@H]([C@@H]1C[C@@H]2CC[C@@H]1C2)n1c(COc2ccccc2F)nnc1SCc1cccnc1. The quantitative estimate of drug-likeness (QED) is 0.424. The standard InChI is InChI=1S/C24H27FN4OS/c1-16(20-12-17-8-9-19(20)11-17)29-23(14-30-22-7-3-2-6-21(22)25)27-28-24(29)31-15-18-5-4-10-26-13-18/h2-7,10,13,16-17,19-20H,8-9,11-12,14-15H2,1H3/t16-,17-,19-,20+/m1/s1. The Balaban J connectivity index is 1.38. The van der Waals surface area contributed by atoms with Crippen LogP contribution in [0.15, 0.2) is 53.9 Å². The lowest BCUT2D eigenvalue weighted by atomic mass is 9.84. The molecule has 0 spiro atoms. The minimum absolute atomic E-state index is 0.201. The molecule has 3 aromatic rings. The van der Waals surface area contributed by atoms with E-state index in [1.54, 1.807) is 36.2 Å². The number of rotatable bonds is 8. The van der Waals surface area contributed by atoms with Gasteiger partial charge in [0.25, 0.3) is 0 Å². The molecule has 4 atom stereocenters. The second-order valence-electron chi connectivity index (χ2n) is 8.72. The van der Waals surface area contributed by atoms with E-state index in [0.29, 0.717) is 12.0 Å². The normalized spacial score (nSPS) is 23.2. The summed E-state index contributed by atoms with van der Waals surface area (Å²) < 4.78 is 22.1. The number of fused-ring (bicyclic) bond motifs is 2. The summed E-state index contributed by atoms with van der Waals surface area (Å²) in [6, 6.07) is 10.8. The van der Waals surface area contributed by atoms with E-state index in [9.17, 15) is 4.39 Å². The van der Waals surface area contributed by atoms with Crippen molar-refractivity contribution in [2.24, 2.45) is 17.8 Å². The van der Waals surface area contributed by atoms with E-state index >= 15 is 0 Å². The van der Waals surface area contributed by atoms with Crippen LogP contribution < -0.4 is 4.74 Å². The van der Waals surface area contributed by atoms with Crippen LogP contribution in [0, 0.1) is 23.6 Å². The third kappa shape index (κ3) is 4.33. The van der Waals surface area contributed by atoms with Gasteiger partial charge in [-0.3, -0.25) is 9.55 Å². The Morgan fingerprint density at radius 1 is 1.16 bits per heavy atom. The molecule has 2 aromatic heterocycles. The van der Waals surface area contributed by atoms with E-state index in [1.807, 2.05) is 12.3 Å². The monoisotopic (exact) mass is 438 g/mol. The predicted octanol–water partition coefficient (Wildman–Crippen LogP) is 5.68. The first kappa shape index (κ1) is 20.5. The van der Waals surface area contributed by atoms with Gasteiger partial charge in [-0.25, -0.2) is 4.39 Å². The Labute approximate surface area is 186 Å². The molecule has 5 rings (SSSR count). The Bertz CT molecular complexity index is 1030. The van der Waals surface area contributed by atoms with Gasteiger partial charge in [0.1, 0.15) is 6.61 Å². The number of hydrogen-bond acceptors (Lipinski definition) is 5. The third-order valence-corrected chi connectivity index (χ3v) is 7.85. The molecule has 2 heterocycles. The highest BCUT2D eigenvalue weighted by Gasteiger charge is 2.43. The van der Waals surface area contributed by atoms with Gasteiger partial charge in [0.05, 0.1) is 0 Å². The zero-order valence-electron chi connectivity index (χ0n) is 17.7. The summed E-state index contributed by atoms with van der Waals surface area (Å²) in [6.45, 7) is 2.49. The van der Waals surface area contributed by atoms with Gasteiger partial charge in [0, 0.05) is 24.2 Å². The lowest BCUT2D eigenvalue weighted by Gasteiger charge is -2.30. The van der Waals surface area contributed by atoms with Crippen molar-refractivity contribution in [3.05, 3.63) is 66.0 Å². The Morgan fingerprint density at radius 3 is 2.81 bits per heavy atom. The fourth-order valence-corrected chi connectivity index (χ4v) is 6.30. The molecule has 0 radical (unpaired) electrons. The van der Waals surface area contributed by atoms with Gasteiger partial charge >= 0.3 is 0 Å². The first-order chi connectivity index (χ1) is 15.2. The molecular weight excluding hydrogens is 411 g/mol. The fraction of sp³-hybridized carbons (Fsp3) is 0.458. The summed E-state index contributed by atoms with van der Waals surface area (Å²) in [6.07, 6.45) is 9.02. The highest BCUT2D eigenvalue weighted by Crippen LogP contribution is 2.52. The zero-order valence-corrected chi connectivity index (χ0v) is 18.5. The maximum Gasteiger partial charge on any atom is 0.191 e. The average Bonchev–Trinajstić information content (AvgIpc) is 3.53. The lowest BCUT2D eigenvalue weighted by molar-refractivity contribution is 0.215. The molecule has 2 fully saturated rings. The molecule has 31 heavy (non-hydrogen) atoms. The Morgan fingerprint density at radius 2 is 2.06 bits per heavy atom. The van der Waals surface area contributed by atoms with Gasteiger partial charge < -0.3 is 4.74 Å². The molecule has 0 unspecified atom stereocenters. The number of para-hydroxylation sites is 1. The van der Waals surface area contributed by atoms with Crippen LogP contribution in [-0.2, 0) is 12.4 Å². The number of ether oxygens (including phenoxy) is 1. The molecule has 1 aromatic carbocycles. The van der Waals surface area contributed by atoms with Crippen LogP contribution in [0.4, 0.5) is 4.39 Å². The molecule has 2 aliphatic carbocycles. The zero-order chi connectivity index (χ0) is 21.2. The Hall–Kier alpha value is -2.41. The van der Waals surface area contributed by atoms with Crippen molar-refractivity contribution >= 4 is 11.8 Å². The highest BCUT2D eigenvalue weighted by atomic mass is 32.2. The van der Waals surface area contributed by atoms with Crippen molar-refractivity contribution in [1.29, 1.82) is 0 Å². The van der Waals surface area contributed by atoms with Crippen molar-refractivity contribution in [1.82, 2.24) is 19.7 Å². The molecule has 2 bridgehead atoms. The van der Waals surface area contributed by atoms with Crippen LogP contribution in [0.5, 0.6) is 5.75 Å². The van der Waals surface area contributed by atoms with Crippen molar-refractivity contribution in [3.8, 4) is 5.75 Å². The maximum atomic E-state index is 14.0. The minimum Gasteiger partial charge on any atom is -0.483 e. The number of thioether (sulfide) groups is 1. The summed E-state index contributed by atoms with van der Waals surface area (Å²) in [5, 5.41) is 9.85. The van der Waals surface area contributed by atoms with Crippen molar-refractivity contribution in [2.45, 2.75) is 56.2 Å². The largest absolute Gasteiger partial charge is 0.483 e. The van der Waals surface area contributed by atoms with Gasteiger partial charge in [0.15, 0.2) is 22.5 Å². The van der Waals surface area contributed by atoms with Crippen LogP contribution >= 0.6 is 11.8 Å². The van der Waals surface area contributed by atoms with Crippen LogP contribution in [0.2, 0.25) is 0 Å². The van der Waals surface area contributed by atoms with Crippen molar-refractivity contribution in [2.75, 3.05) is 0 Å². The molecular formula is C24H27FN4OS. The molecule has 0 N–H and O–H groups in total.